The molecule has 124 valence electrons. The van der Waals surface area contributed by atoms with Gasteiger partial charge in [-0.05, 0) is 24.1 Å². The normalized spacial score (nSPS) is 25.5. The monoisotopic (exact) mass is 343 g/mol. The van der Waals surface area contributed by atoms with Crippen LogP contribution in [0.4, 0.5) is 0 Å². The predicted molar refractivity (Wildman–Crippen MR) is 92.2 cm³/mol. The predicted octanol–water partition coefficient (Wildman–Crippen LogP) is 3.56. The molecule has 1 aromatic carbocycles. The second-order valence-electron chi connectivity index (χ2n) is 6.17. The molecule has 24 heavy (non-hydrogen) atoms. The van der Waals surface area contributed by atoms with Gasteiger partial charge in [0.15, 0.2) is 5.54 Å². The standard InChI is InChI=1S/C19H18ClNO3/c1-12(2)19(21-17(22)13-8-4-3-5-9-13)14-10-6-7-11-15(20)16(14)24-18(19)23/h3-12,14H,1-2H3,(H,21,22)/t14-,19+/m1/s1. The highest BCUT2D eigenvalue weighted by Crippen LogP contribution is 2.44. The van der Waals surface area contributed by atoms with E-state index in [4.69, 9.17) is 16.3 Å². The first-order valence-electron chi connectivity index (χ1n) is 7.81. The van der Waals surface area contributed by atoms with Crippen molar-refractivity contribution in [1.29, 1.82) is 0 Å². The van der Waals surface area contributed by atoms with Gasteiger partial charge < -0.3 is 10.1 Å². The molecule has 4 nitrogen and oxygen atoms in total. The maximum Gasteiger partial charge on any atom is 0.338 e. The van der Waals surface area contributed by atoms with Gasteiger partial charge in [0.25, 0.3) is 5.91 Å². The number of rotatable bonds is 3. The zero-order valence-corrected chi connectivity index (χ0v) is 14.2. The van der Waals surface area contributed by atoms with Crippen molar-refractivity contribution in [2.45, 2.75) is 19.4 Å². The Bertz CT molecular complexity index is 764. The van der Waals surface area contributed by atoms with E-state index in [2.05, 4.69) is 5.32 Å². The van der Waals surface area contributed by atoms with Gasteiger partial charge in [-0.1, -0.05) is 61.9 Å². The highest BCUT2D eigenvalue weighted by atomic mass is 35.5. The minimum absolute atomic E-state index is 0.188. The van der Waals surface area contributed by atoms with E-state index in [1.54, 1.807) is 36.4 Å². The molecule has 5 heteroatoms. The van der Waals surface area contributed by atoms with Crippen molar-refractivity contribution in [3.63, 3.8) is 0 Å². The number of hydrogen-bond acceptors (Lipinski definition) is 3. The number of esters is 1. The molecule has 1 amide bonds. The van der Waals surface area contributed by atoms with Crippen molar-refractivity contribution in [1.82, 2.24) is 5.32 Å². The van der Waals surface area contributed by atoms with E-state index in [9.17, 15) is 9.59 Å². The second kappa shape index (κ2) is 6.29. The molecule has 1 N–H and O–H groups in total. The Labute approximate surface area is 145 Å². The number of benzene rings is 1. The molecule has 1 aliphatic heterocycles. The van der Waals surface area contributed by atoms with E-state index < -0.39 is 17.4 Å². The number of carbonyl (C=O) groups excluding carboxylic acids is 2. The zero-order chi connectivity index (χ0) is 17.3. The van der Waals surface area contributed by atoms with Crippen molar-refractivity contribution in [2.24, 2.45) is 11.8 Å². The van der Waals surface area contributed by atoms with Gasteiger partial charge in [-0.3, -0.25) is 4.79 Å². The van der Waals surface area contributed by atoms with Gasteiger partial charge in [0.2, 0.25) is 0 Å². The number of halogens is 1. The first-order valence-corrected chi connectivity index (χ1v) is 8.19. The number of fused-ring (bicyclic) bond motifs is 1. The van der Waals surface area contributed by atoms with Crippen molar-refractivity contribution in [3.05, 3.63) is 71.0 Å². The molecule has 1 aliphatic carbocycles. The summed E-state index contributed by atoms with van der Waals surface area (Å²) in [5, 5.41) is 3.29. The van der Waals surface area contributed by atoms with E-state index in [1.807, 2.05) is 32.1 Å². The van der Waals surface area contributed by atoms with Crippen molar-refractivity contribution in [3.8, 4) is 0 Å². The van der Waals surface area contributed by atoms with Crippen LogP contribution < -0.4 is 5.32 Å². The fourth-order valence-corrected chi connectivity index (χ4v) is 3.36. The topological polar surface area (TPSA) is 55.4 Å². The summed E-state index contributed by atoms with van der Waals surface area (Å²) in [5.74, 6) is -1.05. The highest BCUT2D eigenvalue weighted by molar-refractivity contribution is 6.31. The largest absolute Gasteiger partial charge is 0.427 e. The first kappa shape index (κ1) is 16.5. The third-order valence-corrected chi connectivity index (χ3v) is 4.79. The van der Waals surface area contributed by atoms with Gasteiger partial charge in [-0.25, -0.2) is 4.79 Å². The maximum absolute atomic E-state index is 12.7. The highest BCUT2D eigenvalue weighted by Gasteiger charge is 2.58. The van der Waals surface area contributed by atoms with Gasteiger partial charge in [0.1, 0.15) is 5.76 Å². The van der Waals surface area contributed by atoms with Crippen LogP contribution in [0.25, 0.3) is 0 Å². The Kier molecular flexibility index (Phi) is 4.33. The molecule has 0 bridgehead atoms. The quantitative estimate of drug-likeness (QED) is 0.854. The van der Waals surface area contributed by atoms with Gasteiger partial charge >= 0.3 is 5.97 Å². The van der Waals surface area contributed by atoms with Crippen LogP contribution in [-0.2, 0) is 9.53 Å². The molecule has 1 heterocycles. The summed E-state index contributed by atoms with van der Waals surface area (Å²) < 4.78 is 5.46. The van der Waals surface area contributed by atoms with Crippen LogP contribution in [0.1, 0.15) is 24.2 Å². The number of ether oxygens (including phenoxy) is 1. The summed E-state index contributed by atoms with van der Waals surface area (Å²) in [6, 6.07) is 8.80. The number of amides is 1. The number of hydrogen-bond donors (Lipinski definition) is 1. The lowest BCUT2D eigenvalue weighted by molar-refractivity contribution is -0.143. The van der Waals surface area contributed by atoms with Crippen molar-refractivity contribution < 1.29 is 14.3 Å². The van der Waals surface area contributed by atoms with Crippen molar-refractivity contribution in [2.75, 3.05) is 0 Å². The van der Waals surface area contributed by atoms with Crippen LogP contribution in [0, 0.1) is 11.8 Å². The van der Waals surface area contributed by atoms with Crippen LogP contribution in [-0.4, -0.2) is 17.4 Å². The van der Waals surface area contributed by atoms with Gasteiger partial charge in [-0.2, -0.15) is 0 Å². The van der Waals surface area contributed by atoms with Crippen LogP contribution in [0.3, 0.4) is 0 Å². The molecule has 0 unspecified atom stereocenters. The van der Waals surface area contributed by atoms with E-state index in [1.165, 1.54) is 0 Å². The number of carbonyl (C=O) groups is 2. The van der Waals surface area contributed by atoms with Crippen LogP contribution in [0.15, 0.2) is 65.4 Å². The van der Waals surface area contributed by atoms with Crippen LogP contribution in [0.2, 0.25) is 0 Å². The fraction of sp³-hybridized carbons (Fsp3) is 0.263. The Morgan fingerprint density at radius 3 is 2.62 bits per heavy atom. The molecular formula is C19H18ClNO3. The molecule has 1 fully saturated rings. The van der Waals surface area contributed by atoms with E-state index in [-0.39, 0.29) is 11.8 Å². The van der Waals surface area contributed by atoms with E-state index in [0.29, 0.717) is 16.4 Å². The summed E-state index contributed by atoms with van der Waals surface area (Å²) in [7, 11) is 0. The van der Waals surface area contributed by atoms with Gasteiger partial charge in [-0.15, -0.1) is 0 Å². The lowest BCUT2D eigenvalue weighted by Gasteiger charge is -2.34. The average Bonchev–Trinajstić information content (AvgIpc) is 2.72. The van der Waals surface area contributed by atoms with E-state index in [0.717, 1.165) is 0 Å². The first-order chi connectivity index (χ1) is 11.5. The minimum Gasteiger partial charge on any atom is -0.427 e. The maximum atomic E-state index is 12.7. The lowest BCUT2D eigenvalue weighted by Crippen LogP contribution is -2.59. The fourth-order valence-electron chi connectivity index (χ4n) is 3.13. The lowest BCUT2D eigenvalue weighted by atomic mass is 9.75. The molecule has 3 rings (SSSR count). The third-order valence-electron chi connectivity index (χ3n) is 4.47. The van der Waals surface area contributed by atoms with E-state index >= 15 is 0 Å². The smallest absolute Gasteiger partial charge is 0.338 e. The minimum atomic E-state index is -1.19. The van der Waals surface area contributed by atoms with Crippen molar-refractivity contribution >= 4 is 23.5 Å². The molecule has 1 saturated heterocycles. The Hall–Kier alpha value is -2.33. The molecule has 1 aromatic rings. The summed E-state index contributed by atoms with van der Waals surface area (Å²) in [6.45, 7) is 3.77. The molecular weight excluding hydrogens is 326 g/mol. The van der Waals surface area contributed by atoms with Crippen LogP contribution >= 0.6 is 11.6 Å². The number of nitrogens with one attached hydrogen (secondary N) is 1. The molecule has 0 spiro atoms. The Morgan fingerprint density at radius 2 is 1.96 bits per heavy atom. The zero-order valence-electron chi connectivity index (χ0n) is 13.5. The summed E-state index contributed by atoms with van der Waals surface area (Å²) in [4.78, 5) is 25.4. The molecule has 0 aromatic heterocycles. The summed E-state index contributed by atoms with van der Waals surface area (Å²) in [6.07, 6.45) is 7.12. The SMILES string of the molecule is CC(C)[C@@]1(NC(=O)c2ccccc2)C(=O)OC2=C(Cl)C=CC=C[C@H]21. The van der Waals surface area contributed by atoms with Gasteiger partial charge in [0.05, 0.1) is 11.0 Å². The molecule has 0 saturated carbocycles. The van der Waals surface area contributed by atoms with Gasteiger partial charge in [0, 0.05) is 5.56 Å². The third kappa shape index (κ3) is 2.57. The summed E-state index contributed by atoms with van der Waals surface area (Å²) >= 11 is 6.24. The number of allylic oxidation sites excluding steroid dienone is 4. The Morgan fingerprint density at radius 1 is 1.25 bits per heavy atom. The van der Waals surface area contributed by atoms with Crippen LogP contribution in [0.5, 0.6) is 0 Å². The molecule has 2 aliphatic rings. The average molecular weight is 344 g/mol. The Balaban J connectivity index is 2.04. The molecule has 2 atom stereocenters. The molecule has 0 radical (unpaired) electrons. The second-order valence-corrected chi connectivity index (χ2v) is 6.57. The summed E-state index contributed by atoms with van der Waals surface area (Å²) in [5.41, 5.74) is -0.699.